The molecule has 0 radical (unpaired) electrons. The van der Waals surface area contributed by atoms with Crippen LogP contribution in [0, 0.1) is 0 Å². The smallest absolute Gasteiger partial charge is 0.364 e. The van der Waals surface area contributed by atoms with Gasteiger partial charge in [0.1, 0.15) is 6.54 Å². The van der Waals surface area contributed by atoms with Crippen LogP contribution in [0.4, 0.5) is 18.9 Å². The molecule has 3 nitrogen and oxygen atoms in total. The minimum atomic E-state index is -4.27. The zero-order valence-electron chi connectivity index (χ0n) is 12.6. The van der Waals surface area contributed by atoms with Crippen molar-refractivity contribution < 1.29 is 13.2 Å². The SMILES string of the molecule is C=C1C(=C)C(N(C)CC(F)(F)F)=C1Nc1c[nH]c2ccccc12. The van der Waals surface area contributed by atoms with E-state index in [-0.39, 0.29) is 0 Å². The summed E-state index contributed by atoms with van der Waals surface area (Å²) in [5.74, 6) is 0. The quantitative estimate of drug-likeness (QED) is 0.874. The number of nitrogens with zero attached hydrogens (tertiary/aromatic N) is 1. The van der Waals surface area contributed by atoms with Crippen molar-refractivity contribution in [3.05, 3.63) is 66.2 Å². The standard InChI is InChI=1S/C17H16F3N3/c1-10-11(2)16(23(3)9-17(18,19)20)15(10)22-14-8-21-13-7-5-4-6-12(13)14/h4-8,21-22H,1-2,9H2,3H3. The first-order valence-corrected chi connectivity index (χ1v) is 7.02. The lowest BCUT2D eigenvalue weighted by molar-refractivity contribution is -0.139. The molecule has 0 unspecified atom stereocenters. The van der Waals surface area contributed by atoms with E-state index in [1.165, 1.54) is 7.05 Å². The van der Waals surface area contributed by atoms with E-state index in [1.807, 2.05) is 24.3 Å². The largest absolute Gasteiger partial charge is 0.405 e. The molecule has 1 aromatic carbocycles. The van der Waals surface area contributed by atoms with Crippen LogP contribution in [0.15, 0.2) is 66.2 Å². The van der Waals surface area contributed by atoms with Crippen LogP contribution in [-0.2, 0) is 0 Å². The molecule has 120 valence electrons. The summed E-state index contributed by atoms with van der Waals surface area (Å²) in [6.45, 7) is 6.64. The minimum absolute atomic E-state index is 0.442. The molecular formula is C17H16F3N3. The molecule has 2 N–H and O–H groups in total. The lowest BCUT2D eigenvalue weighted by atomic mass is 9.88. The Morgan fingerprint density at radius 3 is 2.57 bits per heavy atom. The number of anilines is 1. The number of nitrogens with one attached hydrogen (secondary N) is 2. The molecule has 1 aliphatic carbocycles. The predicted octanol–water partition coefficient (Wildman–Crippen LogP) is 4.41. The number of likely N-dealkylation sites (N-methyl/N-ethyl adjacent to an activating group) is 1. The van der Waals surface area contributed by atoms with Gasteiger partial charge in [-0.3, -0.25) is 0 Å². The highest BCUT2D eigenvalue weighted by Crippen LogP contribution is 2.41. The fourth-order valence-corrected chi connectivity index (χ4v) is 2.74. The van der Waals surface area contributed by atoms with Crippen molar-refractivity contribution in [2.24, 2.45) is 0 Å². The van der Waals surface area contributed by atoms with Crippen LogP contribution in [0.5, 0.6) is 0 Å². The number of para-hydroxylation sites is 1. The van der Waals surface area contributed by atoms with E-state index in [2.05, 4.69) is 23.5 Å². The molecule has 3 rings (SSSR count). The van der Waals surface area contributed by atoms with Crippen molar-refractivity contribution in [1.29, 1.82) is 0 Å². The lowest BCUT2D eigenvalue weighted by Gasteiger charge is -2.36. The van der Waals surface area contributed by atoms with E-state index >= 15 is 0 Å². The van der Waals surface area contributed by atoms with Gasteiger partial charge in [0.05, 0.1) is 17.1 Å². The maximum absolute atomic E-state index is 12.6. The highest BCUT2D eigenvalue weighted by molar-refractivity contribution is 5.94. The van der Waals surface area contributed by atoms with Gasteiger partial charge in [0.15, 0.2) is 0 Å². The summed E-state index contributed by atoms with van der Waals surface area (Å²) in [6.07, 6.45) is -2.49. The van der Waals surface area contributed by atoms with Gasteiger partial charge in [-0.25, -0.2) is 0 Å². The van der Waals surface area contributed by atoms with Crippen LogP contribution in [-0.4, -0.2) is 29.7 Å². The maximum atomic E-state index is 12.6. The molecule has 0 spiro atoms. The van der Waals surface area contributed by atoms with E-state index in [4.69, 9.17) is 0 Å². The number of halogens is 3. The van der Waals surface area contributed by atoms with Crippen molar-refractivity contribution in [1.82, 2.24) is 9.88 Å². The van der Waals surface area contributed by atoms with Crippen LogP contribution < -0.4 is 5.32 Å². The van der Waals surface area contributed by atoms with E-state index in [9.17, 15) is 13.2 Å². The normalized spacial score (nSPS) is 15.1. The zero-order chi connectivity index (χ0) is 16.8. The van der Waals surface area contributed by atoms with E-state index in [0.717, 1.165) is 21.5 Å². The number of hydrogen-bond donors (Lipinski definition) is 2. The fourth-order valence-electron chi connectivity index (χ4n) is 2.74. The van der Waals surface area contributed by atoms with Gasteiger partial charge in [-0.1, -0.05) is 31.4 Å². The first-order valence-electron chi connectivity index (χ1n) is 7.02. The van der Waals surface area contributed by atoms with Crippen LogP contribution >= 0.6 is 0 Å². The van der Waals surface area contributed by atoms with Crippen LogP contribution in [0.3, 0.4) is 0 Å². The molecular weight excluding hydrogens is 303 g/mol. The predicted molar refractivity (Wildman–Crippen MR) is 85.9 cm³/mol. The Morgan fingerprint density at radius 2 is 1.87 bits per heavy atom. The minimum Gasteiger partial charge on any atom is -0.364 e. The van der Waals surface area contributed by atoms with Crippen LogP contribution in [0.1, 0.15) is 0 Å². The van der Waals surface area contributed by atoms with Crippen molar-refractivity contribution in [3.8, 4) is 0 Å². The number of fused-ring (bicyclic) bond motifs is 1. The highest BCUT2D eigenvalue weighted by atomic mass is 19.4. The zero-order valence-corrected chi connectivity index (χ0v) is 12.6. The Bertz CT molecular complexity index is 827. The summed E-state index contributed by atoms with van der Waals surface area (Å²) in [6, 6.07) is 7.68. The Labute approximate surface area is 131 Å². The maximum Gasteiger partial charge on any atom is 0.405 e. The number of rotatable bonds is 4. The summed E-state index contributed by atoms with van der Waals surface area (Å²) in [7, 11) is 1.40. The second kappa shape index (κ2) is 5.22. The third-order valence-electron chi connectivity index (χ3n) is 3.84. The molecule has 1 aliphatic rings. The van der Waals surface area contributed by atoms with Gasteiger partial charge in [-0.2, -0.15) is 13.2 Å². The summed E-state index contributed by atoms with van der Waals surface area (Å²) >= 11 is 0. The third-order valence-corrected chi connectivity index (χ3v) is 3.84. The average molecular weight is 319 g/mol. The molecule has 1 heterocycles. The fraction of sp³-hybridized carbons (Fsp3) is 0.176. The second-order valence-corrected chi connectivity index (χ2v) is 5.52. The molecule has 0 bridgehead atoms. The topological polar surface area (TPSA) is 31.1 Å². The second-order valence-electron chi connectivity index (χ2n) is 5.52. The summed E-state index contributed by atoms with van der Waals surface area (Å²) in [5, 5.41) is 4.14. The lowest BCUT2D eigenvalue weighted by Crippen LogP contribution is -2.36. The third kappa shape index (κ3) is 2.72. The monoisotopic (exact) mass is 319 g/mol. The van der Waals surface area contributed by atoms with Crippen LogP contribution in [0.25, 0.3) is 10.9 Å². The number of aromatic amines is 1. The number of alkyl halides is 3. The van der Waals surface area contributed by atoms with Crippen molar-refractivity contribution in [2.45, 2.75) is 6.18 Å². The van der Waals surface area contributed by atoms with Crippen molar-refractivity contribution >= 4 is 16.6 Å². The average Bonchev–Trinajstić information content (AvgIpc) is 2.88. The molecule has 2 aromatic rings. The Kier molecular flexibility index (Phi) is 3.47. The van der Waals surface area contributed by atoms with Crippen molar-refractivity contribution in [3.63, 3.8) is 0 Å². The number of hydrogen-bond acceptors (Lipinski definition) is 2. The van der Waals surface area contributed by atoms with Crippen molar-refractivity contribution in [2.75, 3.05) is 18.9 Å². The summed E-state index contributed by atoms with van der Waals surface area (Å²) in [4.78, 5) is 4.27. The number of benzene rings is 1. The van der Waals surface area contributed by atoms with E-state index in [0.29, 0.717) is 22.5 Å². The molecule has 6 heteroatoms. The molecule has 0 atom stereocenters. The molecule has 0 saturated heterocycles. The number of aromatic nitrogens is 1. The van der Waals surface area contributed by atoms with Crippen LogP contribution in [0.2, 0.25) is 0 Å². The first kappa shape index (κ1) is 15.3. The van der Waals surface area contributed by atoms with E-state index in [1.54, 1.807) is 6.20 Å². The van der Waals surface area contributed by atoms with E-state index < -0.39 is 12.7 Å². The molecule has 0 amide bonds. The summed E-state index contributed by atoms with van der Waals surface area (Å²) < 4.78 is 37.9. The first-order chi connectivity index (χ1) is 10.8. The molecule has 23 heavy (non-hydrogen) atoms. The number of allylic oxidation sites excluding steroid dienone is 2. The van der Waals surface area contributed by atoms with Gasteiger partial charge in [-0.05, 0) is 6.07 Å². The molecule has 0 saturated carbocycles. The Hall–Kier alpha value is -2.63. The number of H-pyrrole nitrogens is 1. The molecule has 0 aliphatic heterocycles. The van der Waals surface area contributed by atoms with Gasteiger partial charge in [0.2, 0.25) is 0 Å². The van der Waals surface area contributed by atoms with Gasteiger partial charge < -0.3 is 15.2 Å². The van der Waals surface area contributed by atoms with Gasteiger partial charge in [-0.15, -0.1) is 0 Å². The summed E-state index contributed by atoms with van der Waals surface area (Å²) in [5.41, 5.74) is 3.91. The van der Waals surface area contributed by atoms with Gasteiger partial charge >= 0.3 is 6.18 Å². The molecule has 1 aromatic heterocycles. The Morgan fingerprint density at radius 1 is 1.17 bits per heavy atom. The van der Waals surface area contributed by atoms with Gasteiger partial charge in [0, 0.05) is 35.3 Å². The Balaban J connectivity index is 1.93. The van der Waals surface area contributed by atoms with Gasteiger partial charge in [0.25, 0.3) is 0 Å². The molecule has 0 fully saturated rings. The highest BCUT2D eigenvalue weighted by Gasteiger charge is 2.36.